The van der Waals surface area contributed by atoms with Gasteiger partial charge in [-0.25, -0.2) is 0 Å². The van der Waals surface area contributed by atoms with E-state index in [9.17, 15) is 29.7 Å². The molecule has 2 N–H and O–H groups in total. The molecule has 0 saturated carbocycles. The maximum atomic E-state index is 11.9. The Morgan fingerprint density at radius 2 is 1.00 bits per heavy atom. The van der Waals surface area contributed by atoms with Crippen LogP contribution in [-0.2, 0) is 14.4 Å². The molecular formula is C31H57NO6. The Morgan fingerprint density at radius 3 is 1.32 bits per heavy atom. The van der Waals surface area contributed by atoms with Gasteiger partial charge in [0.1, 0.15) is 11.8 Å². The Bertz CT molecular complexity index is 605. The molecule has 0 radical (unpaired) electrons. The van der Waals surface area contributed by atoms with Crippen LogP contribution < -0.4 is 5.11 Å². The van der Waals surface area contributed by atoms with Crippen LogP contribution >= 0.6 is 0 Å². The van der Waals surface area contributed by atoms with E-state index in [0.717, 1.165) is 32.1 Å². The van der Waals surface area contributed by atoms with Crippen molar-refractivity contribution in [3.8, 4) is 0 Å². The van der Waals surface area contributed by atoms with Crippen LogP contribution in [0.1, 0.15) is 124 Å². The summed E-state index contributed by atoms with van der Waals surface area (Å²) in [5.41, 5.74) is 0. The first-order valence-electron chi connectivity index (χ1n) is 15.3. The van der Waals surface area contributed by atoms with Gasteiger partial charge < -0.3 is 24.6 Å². The number of hydrogen-bond donors (Lipinski definition) is 2. The van der Waals surface area contributed by atoms with Crippen molar-refractivity contribution >= 4 is 17.9 Å². The van der Waals surface area contributed by atoms with Gasteiger partial charge >= 0.3 is 11.9 Å². The molecule has 0 rings (SSSR count). The number of unbranched alkanes of at least 4 members (excludes halogenated alkanes) is 12. The van der Waals surface area contributed by atoms with Gasteiger partial charge in [0, 0.05) is 5.92 Å². The summed E-state index contributed by atoms with van der Waals surface area (Å²) < 4.78 is 0.217. The number of carboxylic acids is 3. The van der Waals surface area contributed by atoms with Gasteiger partial charge in [0.2, 0.25) is 0 Å². The zero-order valence-corrected chi connectivity index (χ0v) is 24.6. The number of hydrogen-bond acceptors (Lipinski definition) is 4. The number of carbonyl (C=O) groups excluding carboxylic acids is 1. The molecular weight excluding hydrogens is 482 g/mol. The molecule has 0 heterocycles. The molecule has 0 fully saturated rings. The molecule has 7 nitrogen and oxygen atoms in total. The van der Waals surface area contributed by atoms with Crippen LogP contribution in [0.25, 0.3) is 0 Å². The molecule has 0 saturated heterocycles. The number of aliphatic carboxylic acids is 3. The van der Waals surface area contributed by atoms with Gasteiger partial charge in [-0.2, -0.15) is 0 Å². The predicted octanol–water partition coefficient (Wildman–Crippen LogP) is 6.06. The second-order valence-electron chi connectivity index (χ2n) is 11.2. The Kier molecular flexibility index (Phi) is 20.9. The van der Waals surface area contributed by atoms with Gasteiger partial charge in [-0.05, 0) is 44.9 Å². The van der Waals surface area contributed by atoms with Crippen molar-refractivity contribution in [2.24, 2.45) is 17.8 Å². The lowest BCUT2D eigenvalue weighted by Crippen LogP contribution is -2.59. The third-order valence-electron chi connectivity index (χ3n) is 8.12. The summed E-state index contributed by atoms with van der Waals surface area (Å²) in [6, 6.07) is 0. The van der Waals surface area contributed by atoms with Crippen molar-refractivity contribution in [1.29, 1.82) is 0 Å². The Hall–Kier alpha value is -1.89. The van der Waals surface area contributed by atoms with Crippen molar-refractivity contribution in [2.45, 2.75) is 124 Å². The molecule has 0 aromatic rings. The molecule has 0 aromatic carbocycles. The lowest BCUT2D eigenvalue weighted by molar-refractivity contribution is -0.935. The van der Waals surface area contributed by atoms with Gasteiger partial charge in [0.25, 0.3) is 0 Å². The number of allylic oxidation sites excluding steroid dienone is 1. The Morgan fingerprint density at radius 1 is 0.658 bits per heavy atom. The topological polar surface area (TPSA) is 115 Å². The zero-order valence-electron chi connectivity index (χ0n) is 24.6. The van der Waals surface area contributed by atoms with Crippen LogP contribution in [0.3, 0.4) is 0 Å². The third kappa shape index (κ3) is 16.2. The van der Waals surface area contributed by atoms with E-state index in [1.54, 1.807) is 6.92 Å². The Labute approximate surface area is 232 Å². The number of quaternary nitrogens is 1. The smallest absolute Gasteiger partial charge is 0.312 e. The standard InChI is InChI=1S/C31H57NO6/c1-5-9-10-11-12-13-14-15-16-17-18-19-20-21-22-32(23-26(6-2)29(33)34,24-27(7-3)30(35)36)25-28(8-4)31(37)38/h5,26-28H,1,6-25H2,2-4H3,(H2-,33,34,35,36,37,38). The molecule has 0 aliphatic rings. The summed E-state index contributed by atoms with van der Waals surface area (Å²) in [5.74, 6) is -4.95. The molecule has 3 unspecified atom stereocenters. The van der Waals surface area contributed by atoms with Crippen molar-refractivity contribution in [3.05, 3.63) is 12.7 Å². The molecule has 3 atom stereocenters. The number of carboxylic acid groups (broad SMARTS) is 3. The lowest BCUT2D eigenvalue weighted by atomic mass is 9.95. The van der Waals surface area contributed by atoms with Crippen molar-refractivity contribution in [3.63, 3.8) is 0 Å². The summed E-state index contributed by atoms with van der Waals surface area (Å²) in [6.07, 6.45) is 18.6. The minimum atomic E-state index is -1.14. The van der Waals surface area contributed by atoms with E-state index in [0.29, 0.717) is 25.8 Å². The highest BCUT2D eigenvalue weighted by Crippen LogP contribution is 2.25. The summed E-state index contributed by atoms with van der Waals surface area (Å²) in [7, 11) is 0. The third-order valence-corrected chi connectivity index (χ3v) is 8.12. The highest BCUT2D eigenvalue weighted by molar-refractivity contribution is 5.70. The largest absolute Gasteiger partial charge is 0.550 e. The summed E-state index contributed by atoms with van der Waals surface area (Å²) >= 11 is 0. The highest BCUT2D eigenvalue weighted by atomic mass is 16.4. The molecule has 0 bridgehead atoms. The summed E-state index contributed by atoms with van der Waals surface area (Å²) in [5, 5.41) is 31.4. The molecule has 0 amide bonds. The fourth-order valence-electron chi connectivity index (χ4n) is 5.54. The van der Waals surface area contributed by atoms with Gasteiger partial charge in [-0.15, -0.1) is 6.58 Å². The quantitative estimate of drug-likeness (QED) is 0.0745. The van der Waals surface area contributed by atoms with Crippen LogP contribution in [0, 0.1) is 17.8 Å². The second kappa shape index (κ2) is 22.0. The fourth-order valence-corrected chi connectivity index (χ4v) is 5.54. The molecule has 0 aliphatic heterocycles. The van der Waals surface area contributed by atoms with Crippen LogP contribution in [0.5, 0.6) is 0 Å². The van der Waals surface area contributed by atoms with Crippen molar-refractivity contribution in [2.75, 3.05) is 26.2 Å². The van der Waals surface area contributed by atoms with E-state index in [4.69, 9.17) is 0 Å². The minimum absolute atomic E-state index is 0.217. The monoisotopic (exact) mass is 539 g/mol. The molecule has 38 heavy (non-hydrogen) atoms. The van der Waals surface area contributed by atoms with Crippen LogP contribution in [0.4, 0.5) is 0 Å². The first-order valence-corrected chi connectivity index (χ1v) is 15.3. The molecule has 7 heteroatoms. The highest BCUT2D eigenvalue weighted by Gasteiger charge is 2.39. The lowest BCUT2D eigenvalue weighted by Gasteiger charge is -2.44. The van der Waals surface area contributed by atoms with Gasteiger partial charge in [0.05, 0.1) is 32.1 Å². The van der Waals surface area contributed by atoms with Crippen molar-refractivity contribution in [1.82, 2.24) is 0 Å². The van der Waals surface area contributed by atoms with E-state index in [1.807, 2.05) is 19.9 Å². The Balaban J connectivity index is 4.99. The maximum absolute atomic E-state index is 11.9. The summed E-state index contributed by atoms with van der Waals surface area (Å²) in [4.78, 5) is 35.7. The molecule has 0 aliphatic carbocycles. The van der Waals surface area contributed by atoms with E-state index >= 15 is 0 Å². The van der Waals surface area contributed by atoms with E-state index in [1.165, 1.54) is 51.4 Å². The molecule has 0 spiro atoms. The van der Waals surface area contributed by atoms with Crippen molar-refractivity contribution < 1.29 is 34.2 Å². The summed E-state index contributed by atoms with van der Waals surface area (Å²) in [6.45, 7) is 10.5. The predicted molar refractivity (Wildman–Crippen MR) is 152 cm³/mol. The fraction of sp³-hybridized carbons (Fsp3) is 0.839. The average molecular weight is 540 g/mol. The van der Waals surface area contributed by atoms with Crippen LogP contribution in [0.2, 0.25) is 0 Å². The minimum Gasteiger partial charge on any atom is -0.550 e. The van der Waals surface area contributed by atoms with E-state index in [-0.39, 0.29) is 24.1 Å². The second-order valence-corrected chi connectivity index (χ2v) is 11.2. The number of rotatable bonds is 27. The van der Waals surface area contributed by atoms with Crippen LogP contribution in [-0.4, -0.2) is 58.8 Å². The van der Waals surface area contributed by atoms with E-state index in [2.05, 4.69) is 6.58 Å². The normalized spacial score (nSPS) is 15.3. The SMILES string of the molecule is C=CCCCCCCCCCCCCCC[N+](CC(CC)C(=O)[O-])(CC(CC)C(=O)O)CC(CC)C(=O)O. The molecule has 0 aromatic heterocycles. The maximum Gasteiger partial charge on any atom is 0.312 e. The van der Waals surface area contributed by atoms with Gasteiger partial charge in [-0.1, -0.05) is 84.6 Å². The van der Waals surface area contributed by atoms with E-state index < -0.39 is 35.7 Å². The number of carbonyl (C=O) groups is 3. The van der Waals surface area contributed by atoms with Gasteiger partial charge in [0.15, 0.2) is 0 Å². The first kappa shape index (κ1) is 36.1. The molecule has 222 valence electrons. The van der Waals surface area contributed by atoms with Crippen LogP contribution in [0.15, 0.2) is 12.7 Å². The number of nitrogens with zero attached hydrogens (tertiary/aromatic N) is 1. The average Bonchev–Trinajstić information content (AvgIpc) is 2.88. The van der Waals surface area contributed by atoms with Gasteiger partial charge in [-0.3, -0.25) is 9.59 Å². The zero-order chi connectivity index (χ0) is 28.8. The first-order chi connectivity index (χ1) is 18.2.